The van der Waals surface area contributed by atoms with E-state index in [9.17, 15) is 17.6 Å². The van der Waals surface area contributed by atoms with Crippen molar-refractivity contribution in [2.75, 3.05) is 17.8 Å². The fraction of sp³-hybridized carbons (Fsp3) is 0.267. The Morgan fingerprint density at radius 1 is 1.25 bits per heavy atom. The SMILES string of the molecule is O=C(c1cc(S(=O)(=O)Nc2ccc(F)cc2Cl)c[nH]1)N1CCCC1. The van der Waals surface area contributed by atoms with Crippen LogP contribution in [0.1, 0.15) is 23.3 Å². The molecule has 0 radical (unpaired) electrons. The number of nitrogens with zero attached hydrogens (tertiary/aromatic N) is 1. The molecular weight excluding hydrogens is 357 g/mol. The van der Waals surface area contributed by atoms with Crippen LogP contribution in [0.4, 0.5) is 10.1 Å². The largest absolute Gasteiger partial charge is 0.356 e. The number of aromatic amines is 1. The Bertz CT molecular complexity index is 876. The molecule has 1 saturated heterocycles. The lowest BCUT2D eigenvalue weighted by atomic mass is 10.3. The first-order chi connectivity index (χ1) is 11.4. The molecule has 1 aliphatic rings. The van der Waals surface area contributed by atoms with Gasteiger partial charge in [0, 0.05) is 19.3 Å². The Hall–Kier alpha value is -2.06. The van der Waals surface area contributed by atoms with Gasteiger partial charge in [-0.2, -0.15) is 0 Å². The number of amides is 1. The van der Waals surface area contributed by atoms with Crippen LogP contribution in [-0.2, 0) is 10.0 Å². The highest BCUT2D eigenvalue weighted by Gasteiger charge is 2.24. The van der Waals surface area contributed by atoms with E-state index in [1.807, 2.05) is 0 Å². The minimum absolute atomic E-state index is 0.0533. The van der Waals surface area contributed by atoms with E-state index in [0.29, 0.717) is 13.1 Å². The van der Waals surface area contributed by atoms with Gasteiger partial charge in [0.1, 0.15) is 16.4 Å². The molecule has 6 nitrogen and oxygen atoms in total. The summed E-state index contributed by atoms with van der Waals surface area (Å²) in [5, 5.41) is -0.0533. The lowest BCUT2D eigenvalue weighted by molar-refractivity contribution is 0.0787. The van der Waals surface area contributed by atoms with Crippen molar-refractivity contribution < 1.29 is 17.6 Å². The molecule has 3 rings (SSSR count). The number of sulfonamides is 1. The molecule has 0 bridgehead atoms. The molecule has 2 N–H and O–H groups in total. The van der Waals surface area contributed by atoms with Crippen molar-refractivity contribution in [3.05, 3.63) is 47.0 Å². The highest BCUT2D eigenvalue weighted by molar-refractivity contribution is 7.92. The van der Waals surface area contributed by atoms with E-state index in [4.69, 9.17) is 11.6 Å². The van der Waals surface area contributed by atoms with Gasteiger partial charge in [-0.1, -0.05) is 11.6 Å². The Morgan fingerprint density at radius 2 is 1.96 bits per heavy atom. The quantitative estimate of drug-likeness (QED) is 0.867. The maximum absolute atomic E-state index is 13.0. The van der Waals surface area contributed by atoms with E-state index >= 15 is 0 Å². The van der Waals surface area contributed by atoms with Gasteiger partial charge in [-0.25, -0.2) is 12.8 Å². The molecule has 0 atom stereocenters. The second-order valence-corrected chi connectivity index (χ2v) is 7.57. The summed E-state index contributed by atoms with van der Waals surface area (Å²) in [4.78, 5) is 16.5. The van der Waals surface area contributed by atoms with E-state index in [0.717, 1.165) is 25.0 Å². The van der Waals surface area contributed by atoms with Crippen LogP contribution in [0.15, 0.2) is 35.4 Å². The number of carbonyl (C=O) groups excluding carboxylic acids is 1. The second-order valence-electron chi connectivity index (χ2n) is 5.48. The van der Waals surface area contributed by atoms with Crippen molar-refractivity contribution in [3.63, 3.8) is 0 Å². The summed E-state index contributed by atoms with van der Waals surface area (Å²) < 4.78 is 40.1. The average Bonchev–Trinajstić information content (AvgIpc) is 3.20. The average molecular weight is 372 g/mol. The van der Waals surface area contributed by atoms with Gasteiger partial charge in [0.25, 0.3) is 15.9 Å². The van der Waals surface area contributed by atoms with E-state index in [1.54, 1.807) is 4.90 Å². The molecule has 0 spiro atoms. The van der Waals surface area contributed by atoms with Gasteiger partial charge in [0.15, 0.2) is 0 Å². The minimum atomic E-state index is -3.94. The van der Waals surface area contributed by atoms with Crippen LogP contribution in [0.3, 0.4) is 0 Å². The topological polar surface area (TPSA) is 82.3 Å². The van der Waals surface area contributed by atoms with E-state index in [1.165, 1.54) is 18.3 Å². The summed E-state index contributed by atoms with van der Waals surface area (Å²) in [5.74, 6) is -0.795. The first-order valence-corrected chi connectivity index (χ1v) is 9.18. The third kappa shape index (κ3) is 3.39. The number of carbonyl (C=O) groups is 1. The van der Waals surface area contributed by atoms with Crippen LogP contribution >= 0.6 is 11.6 Å². The third-order valence-corrected chi connectivity index (χ3v) is 5.42. The van der Waals surface area contributed by atoms with Crippen LogP contribution in [-0.4, -0.2) is 37.3 Å². The Labute approximate surface area is 143 Å². The number of H-pyrrole nitrogens is 1. The first kappa shape index (κ1) is 16.8. The molecule has 24 heavy (non-hydrogen) atoms. The lowest BCUT2D eigenvalue weighted by Crippen LogP contribution is -2.27. The molecule has 1 fully saturated rings. The third-order valence-electron chi connectivity index (χ3n) is 3.77. The number of likely N-dealkylation sites (tertiary alicyclic amines) is 1. The van der Waals surface area contributed by atoms with Gasteiger partial charge < -0.3 is 9.88 Å². The van der Waals surface area contributed by atoms with Crippen LogP contribution in [0, 0.1) is 5.82 Å². The van der Waals surface area contributed by atoms with Gasteiger partial charge in [-0.3, -0.25) is 9.52 Å². The standard InChI is InChI=1S/C15H15ClFN3O3S/c16-12-7-10(17)3-4-13(12)19-24(22,23)11-8-14(18-9-11)15(21)20-5-1-2-6-20/h3-4,7-9,18-19H,1-2,5-6H2. The zero-order valence-corrected chi connectivity index (χ0v) is 14.1. The fourth-order valence-electron chi connectivity index (χ4n) is 2.52. The number of aromatic nitrogens is 1. The first-order valence-electron chi connectivity index (χ1n) is 7.32. The van der Waals surface area contributed by atoms with E-state index in [2.05, 4.69) is 9.71 Å². The van der Waals surface area contributed by atoms with Crippen molar-refractivity contribution >= 4 is 33.2 Å². The Morgan fingerprint density at radius 3 is 2.62 bits per heavy atom. The molecule has 0 saturated carbocycles. The molecular formula is C15H15ClFN3O3S. The van der Waals surface area contributed by atoms with Crippen molar-refractivity contribution in [3.8, 4) is 0 Å². The maximum atomic E-state index is 13.0. The van der Waals surface area contributed by atoms with Crippen molar-refractivity contribution in [2.45, 2.75) is 17.7 Å². The summed E-state index contributed by atoms with van der Waals surface area (Å²) in [5.41, 5.74) is 0.272. The van der Waals surface area contributed by atoms with Crippen molar-refractivity contribution in [1.82, 2.24) is 9.88 Å². The van der Waals surface area contributed by atoms with Crippen LogP contribution in [0.25, 0.3) is 0 Å². The van der Waals surface area contributed by atoms with Crippen LogP contribution in [0.5, 0.6) is 0 Å². The summed E-state index contributed by atoms with van der Waals surface area (Å²) in [6, 6.07) is 4.63. The zero-order chi connectivity index (χ0) is 17.3. The number of anilines is 1. The highest BCUT2D eigenvalue weighted by Crippen LogP contribution is 2.25. The van der Waals surface area contributed by atoms with Gasteiger partial charge in [-0.15, -0.1) is 0 Å². The van der Waals surface area contributed by atoms with E-state index in [-0.39, 0.29) is 27.2 Å². The molecule has 128 valence electrons. The van der Waals surface area contributed by atoms with Gasteiger partial charge in [-0.05, 0) is 37.1 Å². The number of rotatable bonds is 4. The monoisotopic (exact) mass is 371 g/mol. The number of nitrogens with one attached hydrogen (secondary N) is 2. The number of halogens is 2. The number of hydrogen-bond donors (Lipinski definition) is 2. The van der Waals surface area contributed by atoms with Gasteiger partial charge in [0.05, 0.1) is 10.7 Å². The molecule has 9 heteroatoms. The molecule has 0 unspecified atom stereocenters. The fourth-order valence-corrected chi connectivity index (χ4v) is 3.86. The normalized spacial score (nSPS) is 14.8. The zero-order valence-electron chi connectivity index (χ0n) is 12.6. The lowest BCUT2D eigenvalue weighted by Gasteiger charge is -2.13. The maximum Gasteiger partial charge on any atom is 0.270 e. The van der Waals surface area contributed by atoms with E-state index < -0.39 is 15.8 Å². The molecule has 1 amide bonds. The molecule has 2 heterocycles. The summed E-state index contributed by atoms with van der Waals surface area (Å²) in [6.07, 6.45) is 3.13. The predicted octanol–water partition coefficient (Wildman–Crippen LogP) is 2.84. The molecule has 1 aliphatic heterocycles. The summed E-state index contributed by atoms with van der Waals surface area (Å²) >= 11 is 5.83. The van der Waals surface area contributed by atoms with Crippen molar-refractivity contribution in [1.29, 1.82) is 0 Å². The molecule has 1 aromatic heterocycles. The highest BCUT2D eigenvalue weighted by atomic mass is 35.5. The Balaban J connectivity index is 1.81. The van der Waals surface area contributed by atoms with Crippen LogP contribution in [0.2, 0.25) is 5.02 Å². The van der Waals surface area contributed by atoms with Crippen molar-refractivity contribution in [2.24, 2.45) is 0 Å². The van der Waals surface area contributed by atoms with Gasteiger partial charge in [0.2, 0.25) is 0 Å². The van der Waals surface area contributed by atoms with Gasteiger partial charge >= 0.3 is 0 Å². The predicted molar refractivity (Wildman–Crippen MR) is 88.1 cm³/mol. The Kier molecular flexibility index (Phi) is 4.51. The molecule has 0 aliphatic carbocycles. The number of benzene rings is 1. The smallest absolute Gasteiger partial charge is 0.270 e. The second kappa shape index (κ2) is 6.45. The molecule has 2 aromatic rings. The summed E-state index contributed by atoms with van der Waals surface area (Å²) in [6.45, 7) is 1.34. The summed E-state index contributed by atoms with van der Waals surface area (Å²) in [7, 11) is -3.94. The minimum Gasteiger partial charge on any atom is -0.356 e. The molecule has 1 aromatic carbocycles. The number of hydrogen-bond acceptors (Lipinski definition) is 3. The van der Waals surface area contributed by atoms with Crippen LogP contribution < -0.4 is 4.72 Å².